The first-order valence-corrected chi connectivity index (χ1v) is 13.6. The van der Waals surface area contributed by atoms with Crippen molar-refractivity contribution in [3.05, 3.63) is 82.6 Å². The van der Waals surface area contributed by atoms with E-state index in [0.29, 0.717) is 63.3 Å². The van der Waals surface area contributed by atoms with Crippen LogP contribution in [0.3, 0.4) is 0 Å². The maximum absolute atomic E-state index is 12.7. The van der Waals surface area contributed by atoms with E-state index in [0.717, 1.165) is 39.5 Å². The Labute approximate surface area is 232 Å². The Morgan fingerprint density at radius 1 is 0.744 bits per heavy atom. The van der Waals surface area contributed by atoms with Gasteiger partial charge in [0.05, 0.1) is 48.6 Å². The van der Waals surface area contributed by atoms with Crippen molar-refractivity contribution in [1.82, 2.24) is 19.8 Å². The Morgan fingerprint density at radius 2 is 1.21 bits per heavy atom. The lowest BCUT2D eigenvalue weighted by atomic mass is 10.1. The van der Waals surface area contributed by atoms with Crippen molar-refractivity contribution in [2.45, 2.75) is 13.3 Å². The molecule has 8 nitrogen and oxygen atoms in total. The maximum atomic E-state index is 12.7. The summed E-state index contributed by atoms with van der Waals surface area (Å²) in [7, 11) is 0. The van der Waals surface area contributed by atoms with E-state index in [1.807, 2.05) is 59.5 Å². The van der Waals surface area contributed by atoms with E-state index in [2.05, 4.69) is 16.9 Å². The second-order valence-corrected chi connectivity index (χ2v) is 9.74. The number of halogens is 1. The summed E-state index contributed by atoms with van der Waals surface area (Å²) >= 11 is 6.00. The Morgan fingerprint density at radius 3 is 1.72 bits per heavy atom. The van der Waals surface area contributed by atoms with Crippen molar-refractivity contribution in [2.24, 2.45) is 0 Å². The number of ether oxygens (including phenoxy) is 2. The van der Waals surface area contributed by atoms with Crippen molar-refractivity contribution in [3.8, 4) is 0 Å². The normalized spacial score (nSPS) is 15.6. The molecule has 0 N–H and O–H groups in total. The number of hydrogen-bond donors (Lipinski definition) is 0. The van der Waals surface area contributed by atoms with Crippen molar-refractivity contribution in [3.63, 3.8) is 0 Å². The summed E-state index contributed by atoms with van der Waals surface area (Å²) < 4.78 is 10.6. The zero-order chi connectivity index (χ0) is 27.2. The molecule has 2 aliphatic heterocycles. The number of nitrogens with zero attached hydrogens (tertiary/aromatic N) is 4. The third kappa shape index (κ3) is 6.19. The minimum Gasteiger partial charge on any atom is -0.378 e. The van der Waals surface area contributed by atoms with Crippen LogP contribution in [0.25, 0.3) is 21.8 Å². The van der Waals surface area contributed by atoms with Gasteiger partial charge in [0.2, 0.25) is 0 Å². The highest BCUT2D eigenvalue weighted by Gasteiger charge is 2.22. The third-order valence-corrected chi connectivity index (χ3v) is 7.07. The molecular formula is C30H31ClN4O4. The molecule has 2 amide bonds. The number of fused-ring (bicyclic) bond motifs is 2. The van der Waals surface area contributed by atoms with Crippen LogP contribution in [0.2, 0.25) is 5.15 Å². The van der Waals surface area contributed by atoms with E-state index < -0.39 is 0 Å². The van der Waals surface area contributed by atoms with E-state index in [4.69, 9.17) is 21.1 Å². The van der Waals surface area contributed by atoms with E-state index in [1.165, 1.54) is 0 Å². The first kappa shape index (κ1) is 27.0. The van der Waals surface area contributed by atoms with Crippen LogP contribution in [0.5, 0.6) is 0 Å². The van der Waals surface area contributed by atoms with Gasteiger partial charge < -0.3 is 19.3 Å². The number of rotatable bonds is 3. The summed E-state index contributed by atoms with van der Waals surface area (Å²) in [5.41, 5.74) is 3.96. The Balaban J connectivity index is 0.000000158. The zero-order valence-electron chi connectivity index (χ0n) is 21.9. The van der Waals surface area contributed by atoms with E-state index in [1.54, 1.807) is 11.0 Å². The fourth-order valence-electron chi connectivity index (χ4n) is 4.78. The van der Waals surface area contributed by atoms with Crippen LogP contribution in [0.1, 0.15) is 33.3 Å². The molecule has 4 aromatic rings. The van der Waals surface area contributed by atoms with Gasteiger partial charge in [0, 0.05) is 42.6 Å². The van der Waals surface area contributed by atoms with E-state index in [9.17, 15) is 9.59 Å². The average Bonchev–Trinajstić information content (AvgIpc) is 3.00. The zero-order valence-corrected chi connectivity index (χ0v) is 22.7. The van der Waals surface area contributed by atoms with Gasteiger partial charge in [-0.1, -0.05) is 54.9 Å². The highest BCUT2D eigenvalue weighted by atomic mass is 35.5. The maximum Gasteiger partial charge on any atom is 0.254 e. The minimum absolute atomic E-state index is 0.0104. The Kier molecular flexibility index (Phi) is 8.66. The number of morpholine rings is 2. The summed E-state index contributed by atoms with van der Waals surface area (Å²) in [5, 5.41) is 2.11. The smallest absolute Gasteiger partial charge is 0.254 e. The minimum atomic E-state index is -0.0104. The highest BCUT2D eigenvalue weighted by Crippen LogP contribution is 2.23. The molecule has 202 valence electrons. The van der Waals surface area contributed by atoms with Gasteiger partial charge in [-0.25, -0.2) is 4.98 Å². The second-order valence-electron chi connectivity index (χ2n) is 9.35. The van der Waals surface area contributed by atoms with Gasteiger partial charge in [-0.15, -0.1) is 0 Å². The highest BCUT2D eigenvalue weighted by molar-refractivity contribution is 6.30. The van der Waals surface area contributed by atoms with E-state index in [-0.39, 0.29) is 11.8 Å². The van der Waals surface area contributed by atoms with Gasteiger partial charge in [0.15, 0.2) is 0 Å². The van der Waals surface area contributed by atoms with Gasteiger partial charge in [0.1, 0.15) is 5.15 Å². The van der Waals surface area contributed by atoms with Gasteiger partial charge in [-0.05, 0) is 30.7 Å². The van der Waals surface area contributed by atoms with Crippen molar-refractivity contribution < 1.29 is 19.1 Å². The van der Waals surface area contributed by atoms with Gasteiger partial charge in [-0.2, -0.15) is 0 Å². The van der Waals surface area contributed by atoms with Crippen LogP contribution >= 0.6 is 11.6 Å². The molecule has 6 rings (SSSR count). The first-order chi connectivity index (χ1) is 19.0. The van der Waals surface area contributed by atoms with Crippen LogP contribution in [0.15, 0.2) is 60.7 Å². The molecule has 0 radical (unpaired) electrons. The number of para-hydroxylation sites is 2. The lowest BCUT2D eigenvalue weighted by Gasteiger charge is -2.27. The molecule has 4 heterocycles. The lowest BCUT2D eigenvalue weighted by Crippen LogP contribution is -2.40. The largest absolute Gasteiger partial charge is 0.378 e. The number of hydrogen-bond acceptors (Lipinski definition) is 6. The molecule has 0 saturated carbocycles. The van der Waals surface area contributed by atoms with Gasteiger partial charge >= 0.3 is 0 Å². The number of aromatic nitrogens is 2. The molecule has 0 aliphatic carbocycles. The predicted molar refractivity (Wildman–Crippen MR) is 151 cm³/mol. The van der Waals surface area contributed by atoms with Crippen LogP contribution in [-0.2, 0) is 15.9 Å². The molecule has 2 saturated heterocycles. The molecule has 39 heavy (non-hydrogen) atoms. The summed E-state index contributed by atoms with van der Waals surface area (Å²) in [6.45, 7) is 7.03. The third-order valence-electron chi connectivity index (χ3n) is 6.87. The topological polar surface area (TPSA) is 84.9 Å². The van der Waals surface area contributed by atoms with Gasteiger partial charge in [0.25, 0.3) is 11.8 Å². The molecule has 2 fully saturated rings. The van der Waals surface area contributed by atoms with Crippen molar-refractivity contribution >= 4 is 45.2 Å². The molecule has 2 aromatic carbocycles. The van der Waals surface area contributed by atoms with Crippen LogP contribution in [-0.4, -0.2) is 84.2 Å². The SMILES string of the molecule is CCc1cc(C(=O)N2CCOCC2)c2ccccc2n1.O=C(c1cc(Cl)nc2ccccc12)N1CCOCC1. The van der Waals surface area contributed by atoms with Crippen molar-refractivity contribution in [2.75, 3.05) is 52.6 Å². The van der Waals surface area contributed by atoms with Crippen molar-refractivity contribution in [1.29, 1.82) is 0 Å². The van der Waals surface area contributed by atoms with E-state index >= 15 is 0 Å². The fourth-order valence-corrected chi connectivity index (χ4v) is 4.98. The summed E-state index contributed by atoms with van der Waals surface area (Å²) in [4.78, 5) is 37.8. The molecule has 0 spiro atoms. The summed E-state index contributed by atoms with van der Waals surface area (Å²) in [6, 6.07) is 18.9. The number of pyridine rings is 2. The average molecular weight is 547 g/mol. The van der Waals surface area contributed by atoms with Crippen LogP contribution in [0, 0.1) is 0 Å². The quantitative estimate of drug-likeness (QED) is 0.348. The molecule has 0 atom stereocenters. The van der Waals surface area contributed by atoms with Gasteiger partial charge in [-0.3, -0.25) is 14.6 Å². The summed E-state index contributed by atoms with van der Waals surface area (Å²) in [5.74, 6) is 0.0744. The molecule has 2 aromatic heterocycles. The lowest BCUT2D eigenvalue weighted by molar-refractivity contribution is 0.0302. The fraction of sp³-hybridized carbons (Fsp3) is 0.333. The number of carbonyl (C=O) groups excluding carboxylic acids is 2. The summed E-state index contributed by atoms with van der Waals surface area (Å²) in [6.07, 6.45) is 0.828. The monoisotopic (exact) mass is 546 g/mol. The molecule has 9 heteroatoms. The number of amides is 2. The molecular weight excluding hydrogens is 516 g/mol. The number of benzene rings is 2. The second kappa shape index (κ2) is 12.5. The van der Waals surface area contributed by atoms with Crippen LogP contribution < -0.4 is 0 Å². The molecule has 2 aliphatic rings. The molecule has 0 unspecified atom stereocenters. The van der Waals surface area contributed by atoms with Crippen LogP contribution in [0.4, 0.5) is 0 Å². The molecule has 0 bridgehead atoms. The Bertz CT molecular complexity index is 1480. The predicted octanol–water partition coefficient (Wildman–Crippen LogP) is 4.63. The standard InChI is InChI=1S/C16H18N2O2.C14H13ClN2O2/c1-2-12-11-14(13-5-3-4-6-15(13)17-12)16(19)18-7-9-20-10-8-18;15-13-9-11(10-3-1-2-4-12(10)16-13)14(18)17-5-7-19-8-6-17/h3-6,11H,2,7-10H2,1H3;1-4,9H,5-8H2. The first-order valence-electron chi connectivity index (χ1n) is 13.2. The Hall–Kier alpha value is -3.59. The number of carbonyl (C=O) groups is 2. The number of aryl methyl sites for hydroxylation is 1.